The average Bonchev–Trinajstić information content (AvgIpc) is 1.27. The maximum absolute atomic E-state index is 15.8. The molecular formula is C79H110N12O13. The highest BCUT2D eigenvalue weighted by atomic mass is 16.6. The minimum Gasteiger partial charge on any atom is -0.467 e. The Morgan fingerprint density at radius 3 is 1.19 bits per heavy atom. The van der Waals surface area contributed by atoms with E-state index in [0.29, 0.717) is 23.4 Å². The zero-order valence-electron chi connectivity index (χ0n) is 63.8. The molecule has 564 valence electrons. The zero-order valence-corrected chi connectivity index (χ0v) is 63.8. The molecule has 0 aliphatic rings. The van der Waals surface area contributed by atoms with Crippen molar-refractivity contribution in [1.29, 1.82) is 0 Å². The summed E-state index contributed by atoms with van der Waals surface area (Å²) >= 11 is 0. The molecule has 0 unspecified atom stereocenters. The number of aryl methyl sites for hydroxylation is 1. The second-order valence-corrected chi connectivity index (χ2v) is 30.2. The summed E-state index contributed by atoms with van der Waals surface area (Å²) in [5.74, 6) is -8.00. The van der Waals surface area contributed by atoms with Gasteiger partial charge in [-0.25, -0.2) is 19.6 Å². The third-order valence-corrected chi connectivity index (χ3v) is 17.4. The van der Waals surface area contributed by atoms with Crippen molar-refractivity contribution < 1.29 is 62.1 Å². The van der Waals surface area contributed by atoms with Gasteiger partial charge in [0.15, 0.2) is 0 Å². The molecule has 0 spiro atoms. The van der Waals surface area contributed by atoms with E-state index in [2.05, 4.69) is 47.5 Å². The van der Waals surface area contributed by atoms with Crippen molar-refractivity contribution in [3.8, 4) is 0 Å². The molecule has 6 rings (SSSR count). The topological polar surface area (TPSA) is 322 Å². The highest BCUT2D eigenvalue weighted by Gasteiger charge is 2.43. The predicted octanol–water partition coefficient (Wildman–Crippen LogP) is 7.71. The van der Waals surface area contributed by atoms with E-state index in [-0.39, 0.29) is 25.2 Å². The molecule has 2 aromatic heterocycles. The van der Waals surface area contributed by atoms with Gasteiger partial charge in [-0.1, -0.05) is 169 Å². The summed E-state index contributed by atoms with van der Waals surface area (Å²) in [4.78, 5) is 141. The molecule has 8 N–H and O–H groups in total. The van der Waals surface area contributed by atoms with Crippen molar-refractivity contribution in [1.82, 2.24) is 61.6 Å². The number of nitrogens with one attached hydrogen (secondary N) is 8. The lowest BCUT2D eigenvalue weighted by Gasteiger charge is -2.37. The molecule has 11 atom stereocenters. The number of methoxy groups -OCH3 is 1. The van der Waals surface area contributed by atoms with Gasteiger partial charge in [0.1, 0.15) is 59.5 Å². The Bertz CT molecular complexity index is 3710. The molecule has 4 aromatic carbocycles. The molecule has 0 fully saturated rings. The second kappa shape index (κ2) is 37.1. The Labute approximate surface area is 612 Å². The van der Waals surface area contributed by atoms with E-state index >= 15 is 19.2 Å². The minimum absolute atomic E-state index is 0.103. The number of nitrogens with zero attached hydrogens (tertiary/aromatic N) is 4. The van der Waals surface area contributed by atoms with Gasteiger partial charge in [0.05, 0.1) is 54.6 Å². The van der Waals surface area contributed by atoms with Crippen LogP contribution in [0, 0.1) is 17.8 Å². The number of amides is 8. The molecule has 25 heteroatoms. The van der Waals surface area contributed by atoms with E-state index < -0.39 is 148 Å². The van der Waals surface area contributed by atoms with E-state index in [0.717, 1.165) is 16.7 Å². The minimum atomic E-state index is -1.56. The summed E-state index contributed by atoms with van der Waals surface area (Å²) in [7, 11) is 2.97. The number of alkyl carbamates (subject to hydrolysis) is 1. The van der Waals surface area contributed by atoms with Crippen LogP contribution in [0.15, 0.2) is 146 Å². The van der Waals surface area contributed by atoms with Crippen molar-refractivity contribution in [3.63, 3.8) is 0 Å². The zero-order chi connectivity index (χ0) is 77.0. The quantitative estimate of drug-likeness (QED) is 0.0142. The van der Waals surface area contributed by atoms with Crippen LogP contribution >= 0.6 is 0 Å². The highest BCUT2D eigenvalue weighted by molar-refractivity contribution is 5.98. The first-order valence-electron chi connectivity index (χ1n) is 35.6. The van der Waals surface area contributed by atoms with E-state index in [1.165, 1.54) is 7.11 Å². The normalized spacial score (nSPS) is 15.2. The number of carbonyl (C=O) groups is 9. The Morgan fingerprint density at radius 2 is 0.779 bits per heavy atom. The molecule has 0 radical (unpaired) electrons. The molecule has 0 aliphatic carbocycles. The van der Waals surface area contributed by atoms with Crippen molar-refractivity contribution in [3.05, 3.63) is 180 Å². The van der Waals surface area contributed by atoms with Crippen molar-refractivity contribution >= 4 is 53.4 Å². The third kappa shape index (κ3) is 23.9. The number of hydrogen-bond donors (Lipinski definition) is 8. The third-order valence-electron chi connectivity index (χ3n) is 17.4. The monoisotopic (exact) mass is 1430 g/mol. The van der Waals surface area contributed by atoms with E-state index in [4.69, 9.17) is 23.9 Å². The van der Waals surface area contributed by atoms with Gasteiger partial charge in [-0.2, -0.15) is 0 Å². The van der Waals surface area contributed by atoms with Crippen LogP contribution in [-0.4, -0.2) is 157 Å². The first-order chi connectivity index (χ1) is 48.8. The molecule has 2 heterocycles. The van der Waals surface area contributed by atoms with Gasteiger partial charge in [-0.05, 0) is 116 Å². The van der Waals surface area contributed by atoms with Gasteiger partial charge < -0.3 is 70.6 Å². The molecular weight excluding hydrogens is 1320 g/mol. The van der Waals surface area contributed by atoms with E-state index in [9.17, 15) is 24.0 Å². The van der Waals surface area contributed by atoms with Crippen LogP contribution in [0.1, 0.15) is 158 Å². The van der Waals surface area contributed by atoms with Crippen LogP contribution in [0.25, 0.3) is 0 Å². The molecule has 6 aromatic rings. The number of aromatic nitrogens is 4. The van der Waals surface area contributed by atoms with Gasteiger partial charge in [0.2, 0.25) is 41.4 Å². The van der Waals surface area contributed by atoms with Crippen LogP contribution < -0.4 is 42.5 Å². The smallest absolute Gasteiger partial charge is 0.408 e. The van der Waals surface area contributed by atoms with Crippen molar-refractivity contribution in [2.45, 2.75) is 226 Å². The molecule has 0 aliphatic heterocycles. The van der Waals surface area contributed by atoms with Crippen LogP contribution in [0.3, 0.4) is 0 Å². The lowest BCUT2D eigenvalue weighted by molar-refractivity contribution is -0.149. The van der Waals surface area contributed by atoms with Crippen LogP contribution in [0.2, 0.25) is 0 Å². The van der Waals surface area contributed by atoms with Crippen LogP contribution in [0.4, 0.5) is 4.79 Å². The van der Waals surface area contributed by atoms with Crippen molar-refractivity contribution in [2.75, 3.05) is 7.11 Å². The molecule has 8 amide bonds. The number of ether oxygens (including phenoxy) is 4. The summed E-state index contributed by atoms with van der Waals surface area (Å²) in [6, 6.07) is 27.4. The predicted molar refractivity (Wildman–Crippen MR) is 396 cm³/mol. The first kappa shape index (κ1) is 83.2. The SMILES string of the molecule is CC[C@H](C)[C@H](NC(=O)[C@@H](NC(=O)[C@H](NC(=O)[C@@H](Cc1ccccc1)NC(=O)[C@H](Cc1cn(C(c2ccccc2)(c2ccccc2)c2ccccc2)cn1)NC(=O)[C@H](NC(=O)[C@@H](NC(=O)[C@H](Cc1cn(C)cn1)NC(=O)OC(C)(C)C)[C@@H](C)OC(C)(C)C)C(C)C)C(C)C)[C@@H](C)OC(C)(C)C)C(=O)OC. The molecule has 104 heavy (non-hydrogen) atoms. The van der Waals surface area contributed by atoms with Gasteiger partial charge >= 0.3 is 12.1 Å². The Kier molecular flexibility index (Phi) is 29.7. The van der Waals surface area contributed by atoms with Gasteiger partial charge in [-0.3, -0.25) is 33.6 Å². The first-order valence-corrected chi connectivity index (χ1v) is 35.6. The Balaban J connectivity index is 1.43. The van der Waals surface area contributed by atoms with Gasteiger partial charge in [0.25, 0.3) is 0 Å². The number of rotatable bonds is 34. The maximum Gasteiger partial charge on any atom is 0.408 e. The van der Waals surface area contributed by atoms with Crippen LogP contribution in [-0.2, 0) is 89.2 Å². The van der Waals surface area contributed by atoms with Crippen LogP contribution in [0.5, 0.6) is 0 Å². The summed E-state index contributed by atoms with van der Waals surface area (Å²) in [6.07, 6.45) is 3.73. The highest BCUT2D eigenvalue weighted by Crippen LogP contribution is 2.41. The maximum atomic E-state index is 15.8. The lowest BCUT2D eigenvalue weighted by Crippen LogP contribution is -2.63. The Morgan fingerprint density at radius 1 is 0.423 bits per heavy atom. The fourth-order valence-electron chi connectivity index (χ4n) is 12.2. The van der Waals surface area contributed by atoms with Crippen molar-refractivity contribution in [2.24, 2.45) is 24.8 Å². The average molecular weight is 1440 g/mol. The molecule has 0 bridgehead atoms. The number of esters is 1. The second-order valence-electron chi connectivity index (χ2n) is 30.2. The largest absolute Gasteiger partial charge is 0.467 e. The van der Waals surface area contributed by atoms with Gasteiger partial charge in [0, 0.05) is 38.7 Å². The van der Waals surface area contributed by atoms with E-state index in [1.807, 2.05) is 102 Å². The molecule has 0 saturated heterocycles. The summed E-state index contributed by atoms with van der Waals surface area (Å²) in [6.45, 7) is 29.3. The van der Waals surface area contributed by atoms with E-state index in [1.54, 1.807) is 178 Å². The number of carbonyl (C=O) groups excluding carboxylic acids is 9. The fraction of sp³-hybridized carbons (Fsp3) is 0.506. The lowest BCUT2D eigenvalue weighted by atomic mass is 9.77. The molecule has 25 nitrogen and oxygen atoms in total. The summed E-state index contributed by atoms with van der Waals surface area (Å²) in [5.41, 5.74) is 0.372. The van der Waals surface area contributed by atoms with Gasteiger partial charge in [-0.15, -0.1) is 0 Å². The standard InChI is InChI=1S/C79H110N12O13/c1-20-50(6)64(74(99)101-19)87-73(98)66(52(8)103-77(12,13)14)89-71(96)63(49(4)5)85-68(93)59(41-53-33-25-21-26-34-53)82-67(92)60(43-58-45-91(47-81-58)79(54-35-27-22-28-36-54,55-37-29-23-30-38-55)56-39-31-24-32-40-56)83-70(95)62(48(2)3)86-72(97)65(51(7)102-76(9,10)11)88-69(94)61(42-57-44-90(18)46-80-57)84-75(100)104-78(15,16)17/h21-40,44-52,59-66H,20,41-43H2,1-19H3,(H,82,92)(H,83,95)(H,84,100)(H,85,93)(H,86,97)(H,87,98)(H,88,94)(H,89,96)/t50-,51+,52+,59+,60-,61-,62+,63+,64-,65-,66-/m0/s1. The number of hydrogen-bond acceptors (Lipinski definition) is 15. The number of imidazole rings is 2. The number of benzene rings is 4. The Hall–Kier alpha value is -9.75. The summed E-state index contributed by atoms with van der Waals surface area (Å²) < 4.78 is 26.8. The molecule has 0 saturated carbocycles. The summed E-state index contributed by atoms with van der Waals surface area (Å²) in [5, 5.41) is 22.6. The fourth-order valence-corrected chi connectivity index (χ4v) is 12.2.